The van der Waals surface area contributed by atoms with Gasteiger partial charge in [0.25, 0.3) is 0 Å². The molecular formula is C21H26N4O. The average molecular weight is 350 g/mol. The number of hydrogen-bond acceptors (Lipinski definition) is 4. The highest BCUT2D eigenvalue weighted by Gasteiger charge is 2.19. The summed E-state index contributed by atoms with van der Waals surface area (Å²) in [5.41, 5.74) is 2.35. The SMILES string of the molecule is c1ccc(CN(Cc2ccco2)Cc2cncn2C2CCCCC2)nc1. The molecule has 4 rings (SSSR count). The summed E-state index contributed by atoms with van der Waals surface area (Å²) < 4.78 is 7.98. The summed E-state index contributed by atoms with van der Waals surface area (Å²) in [6, 6.07) is 10.7. The largest absolute Gasteiger partial charge is 0.468 e. The Kier molecular flexibility index (Phi) is 5.45. The van der Waals surface area contributed by atoms with Gasteiger partial charge in [0.2, 0.25) is 0 Å². The molecule has 3 aromatic heterocycles. The van der Waals surface area contributed by atoms with Crippen LogP contribution in [0.1, 0.15) is 55.3 Å². The lowest BCUT2D eigenvalue weighted by atomic mass is 9.95. The first-order valence-electron chi connectivity index (χ1n) is 9.54. The van der Waals surface area contributed by atoms with Crippen LogP contribution in [-0.2, 0) is 19.6 Å². The molecule has 0 N–H and O–H groups in total. The van der Waals surface area contributed by atoms with E-state index >= 15 is 0 Å². The van der Waals surface area contributed by atoms with Crippen molar-refractivity contribution in [2.75, 3.05) is 0 Å². The van der Waals surface area contributed by atoms with Gasteiger partial charge >= 0.3 is 0 Å². The van der Waals surface area contributed by atoms with Crippen molar-refractivity contribution in [3.05, 3.63) is 72.5 Å². The summed E-state index contributed by atoms with van der Waals surface area (Å²) in [5, 5.41) is 0. The van der Waals surface area contributed by atoms with E-state index < -0.39 is 0 Å². The van der Waals surface area contributed by atoms with Gasteiger partial charge < -0.3 is 8.98 Å². The minimum atomic E-state index is 0.599. The van der Waals surface area contributed by atoms with E-state index in [-0.39, 0.29) is 0 Å². The summed E-state index contributed by atoms with van der Waals surface area (Å²) in [5.74, 6) is 0.977. The second kappa shape index (κ2) is 8.32. The third-order valence-electron chi connectivity index (χ3n) is 5.17. The molecule has 136 valence electrons. The highest BCUT2D eigenvalue weighted by Crippen LogP contribution is 2.29. The minimum absolute atomic E-state index is 0.599. The topological polar surface area (TPSA) is 47.1 Å². The van der Waals surface area contributed by atoms with Crippen LogP contribution >= 0.6 is 0 Å². The summed E-state index contributed by atoms with van der Waals surface area (Å²) >= 11 is 0. The summed E-state index contributed by atoms with van der Waals surface area (Å²) in [6.45, 7) is 2.39. The number of aromatic nitrogens is 3. The quantitative estimate of drug-likeness (QED) is 0.626. The third kappa shape index (κ3) is 4.22. The second-order valence-electron chi connectivity index (χ2n) is 7.13. The Bertz CT molecular complexity index is 775. The lowest BCUT2D eigenvalue weighted by Gasteiger charge is -2.27. The standard InChI is InChI=1S/C21H26N4O/c1-2-8-19(9-3-1)25-17-22-13-20(25)15-24(16-21-10-6-12-26-21)14-18-7-4-5-11-23-18/h4-7,10-13,17,19H,1-3,8-9,14-16H2. The maximum absolute atomic E-state index is 5.58. The van der Waals surface area contributed by atoms with Crippen molar-refractivity contribution in [1.82, 2.24) is 19.4 Å². The maximum Gasteiger partial charge on any atom is 0.117 e. The smallest absolute Gasteiger partial charge is 0.117 e. The van der Waals surface area contributed by atoms with Crippen LogP contribution in [0, 0.1) is 0 Å². The molecule has 0 saturated heterocycles. The van der Waals surface area contributed by atoms with Crippen LogP contribution in [0.4, 0.5) is 0 Å². The van der Waals surface area contributed by atoms with Gasteiger partial charge in [-0.3, -0.25) is 9.88 Å². The van der Waals surface area contributed by atoms with Crippen molar-refractivity contribution < 1.29 is 4.42 Å². The van der Waals surface area contributed by atoms with Crippen LogP contribution in [0.3, 0.4) is 0 Å². The number of hydrogen-bond donors (Lipinski definition) is 0. The molecule has 1 saturated carbocycles. The first-order chi connectivity index (χ1) is 12.9. The Labute approximate surface area is 154 Å². The molecule has 0 aromatic carbocycles. The maximum atomic E-state index is 5.58. The number of rotatable bonds is 7. The molecule has 3 aromatic rings. The Hall–Kier alpha value is -2.40. The van der Waals surface area contributed by atoms with Gasteiger partial charge in [0.15, 0.2) is 0 Å². The second-order valence-corrected chi connectivity index (χ2v) is 7.13. The van der Waals surface area contributed by atoms with Crippen LogP contribution in [0.25, 0.3) is 0 Å². The van der Waals surface area contributed by atoms with Crippen molar-refractivity contribution >= 4 is 0 Å². The van der Waals surface area contributed by atoms with E-state index in [0.717, 1.165) is 31.1 Å². The zero-order valence-corrected chi connectivity index (χ0v) is 15.1. The summed E-state index contributed by atoms with van der Waals surface area (Å²) in [7, 11) is 0. The van der Waals surface area contributed by atoms with Gasteiger partial charge in [-0.05, 0) is 37.1 Å². The minimum Gasteiger partial charge on any atom is -0.468 e. The number of pyridine rings is 1. The fraction of sp³-hybridized carbons (Fsp3) is 0.429. The van der Waals surface area contributed by atoms with E-state index in [9.17, 15) is 0 Å². The molecule has 1 aliphatic rings. The van der Waals surface area contributed by atoms with Gasteiger partial charge in [-0.2, -0.15) is 0 Å². The van der Waals surface area contributed by atoms with Gasteiger partial charge in [0, 0.05) is 31.5 Å². The molecule has 1 aliphatic carbocycles. The van der Waals surface area contributed by atoms with E-state index in [1.54, 1.807) is 6.26 Å². The van der Waals surface area contributed by atoms with Crippen molar-refractivity contribution in [2.24, 2.45) is 0 Å². The molecular weight excluding hydrogens is 324 g/mol. The first kappa shape index (κ1) is 17.0. The Morgan fingerprint density at radius 2 is 1.96 bits per heavy atom. The van der Waals surface area contributed by atoms with E-state index in [4.69, 9.17) is 4.42 Å². The van der Waals surface area contributed by atoms with Crippen LogP contribution in [-0.4, -0.2) is 19.4 Å². The molecule has 26 heavy (non-hydrogen) atoms. The Morgan fingerprint density at radius 3 is 2.73 bits per heavy atom. The molecule has 0 bridgehead atoms. The van der Waals surface area contributed by atoms with Crippen LogP contribution in [0.15, 0.2) is 59.7 Å². The van der Waals surface area contributed by atoms with E-state index in [1.165, 1.54) is 37.8 Å². The van der Waals surface area contributed by atoms with Crippen molar-refractivity contribution in [3.63, 3.8) is 0 Å². The van der Waals surface area contributed by atoms with Gasteiger partial charge in [-0.1, -0.05) is 25.3 Å². The highest BCUT2D eigenvalue weighted by atomic mass is 16.3. The third-order valence-corrected chi connectivity index (χ3v) is 5.17. The van der Waals surface area contributed by atoms with Gasteiger partial charge in [0.1, 0.15) is 5.76 Å². The van der Waals surface area contributed by atoms with Gasteiger partial charge in [0.05, 0.1) is 30.5 Å². The lowest BCUT2D eigenvalue weighted by Crippen LogP contribution is -2.25. The fourth-order valence-corrected chi connectivity index (χ4v) is 3.88. The van der Waals surface area contributed by atoms with Gasteiger partial charge in [-0.25, -0.2) is 4.98 Å². The molecule has 0 radical (unpaired) electrons. The zero-order valence-electron chi connectivity index (χ0n) is 15.1. The van der Waals surface area contributed by atoms with Crippen molar-refractivity contribution in [1.29, 1.82) is 0 Å². The molecule has 0 atom stereocenters. The molecule has 0 aliphatic heterocycles. The highest BCUT2D eigenvalue weighted by molar-refractivity contribution is 5.07. The monoisotopic (exact) mass is 350 g/mol. The van der Waals surface area contributed by atoms with Crippen molar-refractivity contribution in [2.45, 2.75) is 57.8 Å². The molecule has 3 heterocycles. The first-order valence-corrected chi connectivity index (χ1v) is 9.54. The number of nitrogens with zero attached hydrogens (tertiary/aromatic N) is 4. The zero-order chi connectivity index (χ0) is 17.6. The molecule has 0 amide bonds. The van der Waals surface area contributed by atoms with E-state index in [1.807, 2.05) is 43.0 Å². The van der Waals surface area contributed by atoms with E-state index in [0.29, 0.717) is 6.04 Å². The number of furan rings is 1. The Balaban J connectivity index is 1.51. The molecule has 5 nitrogen and oxygen atoms in total. The lowest BCUT2D eigenvalue weighted by molar-refractivity contribution is 0.214. The predicted octanol–water partition coefficient (Wildman–Crippen LogP) is 4.58. The summed E-state index contributed by atoms with van der Waals surface area (Å²) in [6.07, 6.45) is 14.2. The van der Waals surface area contributed by atoms with Crippen molar-refractivity contribution in [3.8, 4) is 0 Å². The van der Waals surface area contributed by atoms with E-state index in [2.05, 4.69) is 25.5 Å². The molecule has 0 spiro atoms. The van der Waals surface area contributed by atoms with Crippen LogP contribution in [0.2, 0.25) is 0 Å². The van der Waals surface area contributed by atoms with Crippen LogP contribution in [0.5, 0.6) is 0 Å². The van der Waals surface area contributed by atoms with Crippen LogP contribution < -0.4 is 0 Å². The molecule has 0 unspecified atom stereocenters. The Morgan fingerprint density at radius 1 is 1.04 bits per heavy atom. The molecule has 1 fully saturated rings. The van der Waals surface area contributed by atoms with Gasteiger partial charge in [-0.15, -0.1) is 0 Å². The predicted molar refractivity (Wildman–Crippen MR) is 100 cm³/mol. The fourth-order valence-electron chi connectivity index (χ4n) is 3.88. The average Bonchev–Trinajstić information content (AvgIpc) is 3.35. The number of imidazole rings is 1. The normalized spacial score (nSPS) is 15.6. The molecule has 5 heteroatoms. The summed E-state index contributed by atoms with van der Waals surface area (Å²) in [4.78, 5) is 11.3.